The van der Waals surface area contributed by atoms with Crippen LogP contribution in [0.1, 0.15) is 26.7 Å². The van der Waals surface area contributed by atoms with Crippen LogP contribution in [0.4, 0.5) is 5.82 Å². The van der Waals surface area contributed by atoms with Gasteiger partial charge in [-0.2, -0.15) is 0 Å². The molecule has 1 aromatic heterocycles. The zero-order chi connectivity index (χ0) is 12.0. The molecule has 16 heavy (non-hydrogen) atoms. The van der Waals surface area contributed by atoms with Crippen LogP contribution >= 0.6 is 15.9 Å². The fourth-order valence-electron chi connectivity index (χ4n) is 1.56. The van der Waals surface area contributed by atoms with Gasteiger partial charge in [0.15, 0.2) is 0 Å². The number of anilines is 1. The maximum absolute atomic E-state index is 9.03. The van der Waals surface area contributed by atoms with Crippen molar-refractivity contribution in [1.29, 1.82) is 0 Å². The summed E-state index contributed by atoms with van der Waals surface area (Å²) in [6.07, 6.45) is 3.78. The Morgan fingerprint density at radius 3 is 2.75 bits per heavy atom. The molecule has 3 nitrogen and oxygen atoms in total. The van der Waals surface area contributed by atoms with Crippen LogP contribution in [-0.2, 0) is 0 Å². The second-order valence-corrected chi connectivity index (χ2v) is 5.05. The zero-order valence-corrected chi connectivity index (χ0v) is 11.4. The molecule has 0 aliphatic heterocycles. The Hall–Kier alpha value is -0.610. The summed E-state index contributed by atoms with van der Waals surface area (Å²) in [4.78, 5) is 4.28. The van der Waals surface area contributed by atoms with Crippen molar-refractivity contribution < 1.29 is 5.11 Å². The van der Waals surface area contributed by atoms with Gasteiger partial charge in [-0.25, -0.2) is 4.98 Å². The molecule has 0 saturated heterocycles. The van der Waals surface area contributed by atoms with Crippen LogP contribution < -0.4 is 5.32 Å². The van der Waals surface area contributed by atoms with E-state index in [-0.39, 0.29) is 6.61 Å². The number of aliphatic hydroxyl groups is 1. The fourth-order valence-corrected chi connectivity index (χ4v) is 1.79. The minimum Gasteiger partial charge on any atom is -0.396 e. The highest BCUT2D eigenvalue weighted by Gasteiger charge is 2.11. The average Bonchev–Trinajstić information content (AvgIpc) is 2.30. The maximum atomic E-state index is 9.03. The van der Waals surface area contributed by atoms with Crippen LogP contribution in [0.2, 0.25) is 0 Å². The zero-order valence-electron chi connectivity index (χ0n) is 9.78. The first kappa shape index (κ1) is 13.5. The van der Waals surface area contributed by atoms with E-state index in [1.165, 1.54) is 0 Å². The van der Waals surface area contributed by atoms with Gasteiger partial charge in [-0.15, -0.1) is 0 Å². The standard InChI is InChI=1S/C12H19BrN2O/c1-3-11(6-9(2)8-16)15-12-5-4-10(13)7-14-12/h4-5,7,9,11,16H,3,6,8H2,1-2H3,(H,14,15)/t9-,11+/m0/s1. The highest BCUT2D eigenvalue weighted by atomic mass is 79.9. The molecule has 0 spiro atoms. The van der Waals surface area contributed by atoms with E-state index in [0.29, 0.717) is 12.0 Å². The Kier molecular flexibility index (Phi) is 5.77. The molecule has 4 heteroatoms. The van der Waals surface area contributed by atoms with Crippen molar-refractivity contribution in [3.05, 3.63) is 22.8 Å². The lowest BCUT2D eigenvalue weighted by atomic mass is 10.0. The SMILES string of the molecule is CC[C@H](C[C@H](C)CO)Nc1ccc(Br)cn1. The van der Waals surface area contributed by atoms with Crippen molar-refractivity contribution in [3.63, 3.8) is 0 Å². The summed E-state index contributed by atoms with van der Waals surface area (Å²) >= 11 is 3.36. The third kappa shape index (κ3) is 4.49. The Morgan fingerprint density at radius 2 is 2.25 bits per heavy atom. The molecule has 0 aromatic carbocycles. The van der Waals surface area contributed by atoms with E-state index < -0.39 is 0 Å². The van der Waals surface area contributed by atoms with Crippen LogP contribution in [0.15, 0.2) is 22.8 Å². The molecule has 0 aliphatic rings. The first-order valence-electron chi connectivity index (χ1n) is 5.64. The Balaban J connectivity index is 2.52. The quantitative estimate of drug-likeness (QED) is 0.845. The van der Waals surface area contributed by atoms with Gasteiger partial charge in [-0.3, -0.25) is 0 Å². The van der Waals surface area contributed by atoms with Crippen molar-refractivity contribution in [2.24, 2.45) is 5.92 Å². The van der Waals surface area contributed by atoms with Gasteiger partial charge in [-0.05, 0) is 46.8 Å². The van der Waals surface area contributed by atoms with Crippen LogP contribution in [0.3, 0.4) is 0 Å². The van der Waals surface area contributed by atoms with E-state index in [1.54, 1.807) is 6.20 Å². The Bertz CT molecular complexity index is 302. The topological polar surface area (TPSA) is 45.1 Å². The number of nitrogens with zero attached hydrogens (tertiary/aromatic N) is 1. The summed E-state index contributed by atoms with van der Waals surface area (Å²) in [5.74, 6) is 1.22. The van der Waals surface area contributed by atoms with Gasteiger partial charge in [0.2, 0.25) is 0 Å². The molecule has 2 N–H and O–H groups in total. The number of pyridine rings is 1. The van der Waals surface area contributed by atoms with Crippen LogP contribution in [0.25, 0.3) is 0 Å². The van der Waals surface area contributed by atoms with Gasteiger partial charge in [0, 0.05) is 23.3 Å². The van der Waals surface area contributed by atoms with Gasteiger partial charge in [0.1, 0.15) is 5.82 Å². The molecule has 0 aliphatic carbocycles. The number of hydrogen-bond acceptors (Lipinski definition) is 3. The monoisotopic (exact) mass is 286 g/mol. The first-order valence-corrected chi connectivity index (χ1v) is 6.44. The Labute approximate surface area is 105 Å². The molecule has 1 rings (SSSR count). The number of hydrogen-bond donors (Lipinski definition) is 2. The molecule has 1 aromatic rings. The first-order chi connectivity index (χ1) is 7.65. The molecule has 2 atom stereocenters. The van der Waals surface area contributed by atoms with Crippen LogP contribution in [-0.4, -0.2) is 22.7 Å². The summed E-state index contributed by atoms with van der Waals surface area (Å²) in [5.41, 5.74) is 0. The van der Waals surface area contributed by atoms with Gasteiger partial charge in [-0.1, -0.05) is 13.8 Å². The summed E-state index contributed by atoms with van der Waals surface area (Å²) in [6, 6.07) is 4.30. The summed E-state index contributed by atoms with van der Waals surface area (Å²) in [7, 11) is 0. The summed E-state index contributed by atoms with van der Waals surface area (Å²) in [6.45, 7) is 4.44. The van der Waals surface area contributed by atoms with Crippen LogP contribution in [0.5, 0.6) is 0 Å². The van der Waals surface area contributed by atoms with Gasteiger partial charge in [0.25, 0.3) is 0 Å². The molecule has 0 unspecified atom stereocenters. The second kappa shape index (κ2) is 6.86. The lowest BCUT2D eigenvalue weighted by molar-refractivity contribution is 0.224. The van der Waals surface area contributed by atoms with Crippen LogP contribution in [0, 0.1) is 5.92 Å². The third-order valence-corrected chi connectivity index (χ3v) is 3.04. The molecular weight excluding hydrogens is 268 g/mol. The molecule has 1 heterocycles. The van der Waals surface area contributed by atoms with Gasteiger partial charge >= 0.3 is 0 Å². The van der Waals surface area contributed by atoms with Gasteiger partial charge in [0.05, 0.1) is 0 Å². The number of aliphatic hydroxyl groups excluding tert-OH is 1. The molecule has 0 bridgehead atoms. The molecule has 0 fully saturated rings. The fraction of sp³-hybridized carbons (Fsp3) is 0.583. The summed E-state index contributed by atoms with van der Waals surface area (Å²) < 4.78 is 0.981. The maximum Gasteiger partial charge on any atom is 0.126 e. The predicted molar refractivity (Wildman–Crippen MR) is 70.5 cm³/mol. The van der Waals surface area contributed by atoms with E-state index in [4.69, 9.17) is 5.11 Å². The Morgan fingerprint density at radius 1 is 1.50 bits per heavy atom. The van der Waals surface area contributed by atoms with Crippen molar-refractivity contribution >= 4 is 21.7 Å². The lowest BCUT2D eigenvalue weighted by Gasteiger charge is -2.20. The molecular formula is C12H19BrN2O. The largest absolute Gasteiger partial charge is 0.396 e. The number of nitrogens with one attached hydrogen (secondary N) is 1. The second-order valence-electron chi connectivity index (χ2n) is 4.13. The van der Waals surface area contributed by atoms with E-state index in [1.807, 2.05) is 12.1 Å². The normalized spacial score (nSPS) is 14.5. The van der Waals surface area contributed by atoms with E-state index in [0.717, 1.165) is 23.1 Å². The molecule has 90 valence electrons. The predicted octanol–water partition coefficient (Wildman–Crippen LogP) is 3.05. The lowest BCUT2D eigenvalue weighted by Crippen LogP contribution is -2.23. The van der Waals surface area contributed by atoms with Crippen molar-refractivity contribution in [2.75, 3.05) is 11.9 Å². The number of halogens is 1. The summed E-state index contributed by atoms with van der Waals surface area (Å²) in [5, 5.41) is 12.4. The van der Waals surface area contributed by atoms with E-state index >= 15 is 0 Å². The molecule has 0 amide bonds. The average molecular weight is 287 g/mol. The van der Waals surface area contributed by atoms with E-state index in [2.05, 4.69) is 40.1 Å². The third-order valence-electron chi connectivity index (χ3n) is 2.57. The van der Waals surface area contributed by atoms with E-state index in [9.17, 15) is 0 Å². The molecule has 0 saturated carbocycles. The highest BCUT2D eigenvalue weighted by Crippen LogP contribution is 2.15. The minimum absolute atomic E-state index is 0.242. The number of rotatable bonds is 6. The molecule has 0 radical (unpaired) electrons. The number of aromatic nitrogens is 1. The minimum atomic E-state index is 0.242. The van der Waals surface area contributed by atoms with Crippen molar-refractivity contribution in [2.45, 2.75) is 32.7 Å². The van der Waals surface area contributed by atoms with Crippen molar-refractivity contribution in [1.82, 2.24) is 4.98 Å². The van der Waals surface area contributed by atoms with Gasteiger partial charge < -0.3 is 10.4 Å². The smallest absolute Gasteiger partial charge is 0.126 e. The highest BCUT2D eigenvalue weighted by molar-refractivity contribution is 9.10. The van der Waals surface area contributed by atoms with Crippen molar-refractivity contribution in [3.8, 4) is 0 Å².